The van der Waals surface area contributed by atoms with E-state index < -0.39 is 0 Å². The number of thiol groups is 1. The van der Waals surface area contributed by atoms with Gasteiger partial charge in [0.15, 0.2) is 0 Å². The van der Waals surface area contributed by atoms with Gasteiger partial charge >= 0.3 is 0 Å². The van der Waals surface area contributed by atoms with Crippen LogP contribution in [-0.4, -0.2) is 64.6 Å². The molecule has 3 atom stereocenters. The number of benzene rings is 1. The van der Waals surface area contributed by atoms with Gasteiger partial charge < -0.3 is 14.5 Å². The molecule has 8 heteroatoms. The van der Waals surface area contributed by atoms with Gasteiger partial charge in [0.2, 0.25) is 5.91 Å². The van der Waals surface area contributed by atoms with Gasteiger partial charge in [0.25, 0.3) is 0 Å². The van der Waals surface area contributed by atoms with Gasteiger partial charge in [-0.3, -0.25) is 9.78 Å². The van der Waals surface area contributed by atoms with E-state index in [1.54, 1.807) is 11.9 Å². The maximum absolute atomic E-state index is 13.0. The van der Waals surface area contributed by atoms with Gasteiger partial charge in [-0.25, -0.2) is 4.31 Å². The first-order chi connectivity index (χ1) is 14.7. The van der Waals surface area contributed by atoms with Crippen LogP contribution in [0, 0.1) is 0 Å². The van der Waals surface area contributed by atoms with Crippen LogP contribution in [0.3, 0.4) is 0 Å². The summed E-state index contributed by atoms with van der Waals surface area (Å²) in [7, 11) is 0. The van der Waals surface area contributed by atoms with Gasteiger partial charge in [-0.2, -0.15) is 0 Å². The fourth-order valence-electron chi connectivity index (χ4n) is 4.71. The molecule has 0 spiro atoms. The Balaban J connectivity index is 1.25. The Morgan fingerprint density at radius 2 is 1.87 bits per heavy atom. The molecule has 3 aliphatic heterocycles. The number of aromatic nitrogens is 1. The van der Waals surface area contributed by atoms with E-state index in [-0.39, 0.29) is 24.3 Å². The number of pyridine rings is 1. The molecule has 3 aliphatic rings. The Morgan fingerprint density at radius 3 is 2.67 bits per heavy atom. The average molecular weight is 443 g/mol. The van der Waals surface area contributed by atoms with Crippen molar-refractivity contribution in [1.29, 1.82) is 0 Å². The van der Waals surface area contributed by atoms with Gasteiger partial charge in [0.1, 0.15) is 6.23 Å². The number of ether oxygens (including phenoxy) is 1. The number of amides is 1. The van der Waals surface area contributed by atoms with Crippen LogP contribution in [0.2, 0.25) is 0 Å². The van der Waals surface area contributed by atoms with Crippen LogP contribution in [0.5, 0.6) is 0 Å². The van der Waals surface area contributed by atoms with Crippen molar-refractivity contribution in [2.45, 2.75) is 47.4 Å². The van der Waals surface area contributed by atoms with Gasteiger partial charge in [0, 0.05) is 41.0 Å². The second-order valence-corrected chi connectivity index (χ2v) is 9.72. The standard InChI is InChI=1S/C22H26N4O2S2/c27-21-14-25(30-18-5-3-17(29)4-6-18)15-22-26(21)19-2-1-12-24(13-9-20(19)28-22)16-7-10-23-11-8-16/h3-8,10-11,19-20,22,29H,1-2,9,12-15H2. The zero-order valence-electron chi connectivity index (χ0n) is 16.8. The molecule has 30 heavy (non-hydrogen) atoms. The molecule has 4 heterocycles. The third kappa shape index (κ3) is 4.19. The molecule has 0 N–H and O–H groups in total. The topological polar surface area (TPSA) is 48.9 Å². The van der Waals surface area contributed by atoms with Crippen molar-refractivity contribution in [1.82, 2.24) is 14.2 Å². The SMILES string of the molecule is O=C1CN(Sc2ccc(S)cc2)CC2OC3CCN(c4ccncc4)CCCC3N12. The lowest BCUT2D eigenvalue weighted by Gasteiger charge is -2.38. The highest BCUT2D eigenvalue weighted by Gasteiger charge is 2.48. The highest BCUT2D eigenvalue weighted by atomic mass is 32.2. The summed E-state index contributed by atoms with van der Waals surface area (Å²) in [6.45, 7) is 3.11. The van der Waals surface area contributed by atoms with Crippen molar-refractivity contribution in [3.8, 4) is 0 Å². The number of carbonyl (C=O) groups excluding carboxylic acids is 1. The molecule has 3 fully saturated rings. The van der Waals surface area contributed by atoms with Crippen LogP contribution in [-0.2, 0) is 9.53 Å². The number of carbonyl (C=O) groups is 1. The lowest BCUT2D eigenvalue weighted by atomic mass is 9.98. The van der Waals surface area contributed by atoms with Gasteiger partial charge in [-0.05, 0) is 67.6 Å². The van der Waals surface area contributed by atoms with E-state index in [4.69, 9.17) is 4.74 Å². The Hall–Kier alpha value is -1.74. The predicted octanol–water partition coefficient (Wildman–Crippen LogP) is 3.31. The van der Waals surface area contributed by atoms with E-state index in [2.05, 4.69) is 39.0 Å². The normalized spacial score (nSPS) is 27.4. The van der Waals surface area contributed by atoms with Crippen LogP contribution < -0.4 is 4.90 Å². The number of hydrogen-bond acceptors (Lipinski definition) is 7. The minimum absolute atomic E-state index is 0.108. The number of nitrogens with zero attached hydrogens (tertiary/aromatic N) is 4. The summed E-state index contributed by atoms with van der Waals surface area (Å²) < 4.78 is 8.57. The van der Waals surface area contributed by atoms with Crippen LogP contribution in [0.25, 0.3) is 0 Å². The number of fused-ring (bicyclic) bond motifs is 3. The molecular weight excluding hydrogens is 416 g/mol. The van der Waals surface area contributed by atoms with E-state index in [1.807, 2.05) is 41.6 Å². The van der Waals surface area contributed by atoms with E-state index >= 15 is 0 Å². The molecule has 1 amide bonds. The first kappa shape index (κ1) is 20.2. The van der Waals surface area contributed by atoms with Crippen molar-refractivity contribution >= 4 is 36.2 Å². The fraction of sp³-hybridized carbons (Fsp3) is 0.455. The van der Waals surface area contributed by atoms with Gasteiger partial charge in [0.05, 0.1) is 25.2 Å². The quantitative estimate of drug-likeness (QED) is 0.581. The molecule has 2 aromatic rings. The predicted molar refractivity (Wildman–Crippen MR) is 121 cm³/mol. The molecule has 3 unspecified atom stereocenters. The molecule has 0 radical (unpaired) electrons. The summed E-state index contributed by atoms with van der Waals surface area (Å²) in [6, 6.07) is 12.4. The molecule has 0 saturated carbocycles. The van der Waals surface area contributed by atoms with Crippen molar-refractivity contribution < 1.29 is 9.53 Å². The molecule has 158 valence electrons. The van der Waals surface area contributed by atoms with Crippen LogP contribution in [0.15, 0.2) is 58.6 Å². The fourth-order valence-corrected chi connectivity index (χ4v) is 5.79. The Morgan fingerprint density at radius 1 is 1.07 bits per heavy atom. The molecule has 3 saturated heterocycles. The lowest BCUT2D eigenvalue weighted by Crippen LogP contribution is -2.55. The molecule has 0 aliphatic carbocycles. The highest BCUT2D eigenvalue weighted by molar-refractivity contribution is 7.97. The second kappa shape index (κ2) is 8.78. The Kier molecular flexibility index (Phi) is 5.91. The second-order valence-electron chi connectivity index (χ2n) is 8.03. The smallest absolute Gasteiger partial charge is 0.240 e. The lowest BCUT2D eigenvalue weighted by molar-refractivity contribution is -0.143. The molecular formula is C22H26N4O2S2. The zero-order chi connectivity index (χ0) is 20.5. The van der Waals surface area contributed by atoms with E-state index in [0.717, 1.165) is 48.7 Å². The third-order valence-corrected chi connectivity index (χ3v) is 7.42. The summed E-state index contributed by atoms with van der Waals surface area (Å²) in [5.41, 5.74) is 1.21. The van der Waals surface area contributed by atoms with E-state index in [1.165, 1.54) is 5.69 Å². The van der Waals surface area contributed by atoms with Gasteiger partial charge in [-0.1, -0.05) is 0 Å². The summed E-state index contributed by atoms with van der Waals surface area (Å²) in [6.07, 6.45) is 6.63. The summed E-state index contributed by atoms with van der Waals surface area (Å²) in [5.74, 6) is 0.184. The van der Waals surface area contributed by atoms with E-state index in [0.29, 0.717) is 6.54 Å². The molecule has 5 rings (SSSR count). The van der Waals surface area contributed by atoms with Crippen molar-refractivity contribution in [3.05, 3.63) is 48.8 Å². The number of anilines is 1. The summed E-state index contributed by atoms with van der Waals surface area (Å²) in [4.78, 5) is 23.7. The summed E-state index contributed by atoms with van der Waals surface area (Å²) in [5, 5.41) is 0. The number of hydrogen-bond donors (Lipinski definition) is 1. The van der Waals surface area contributed by atoms with E-state index in [9.17, 15) is 4.79 Å². The molecule has 0 bridgehead atoms. The molecule has 1 aromatic heterocycles. The third-order valence-electron chi connectivity index (χ3n) is 6.10. The maximum atomic E-state index is 13.0. The average Bonchev–Trinajstić information content (AvgIpc) is 3.07. The first-order valence-electron chi connectivity index (χ1n) is 10.5. The zero-order valence-corrected chi connectivity index (χ0v) is 18.5. The monoisotopic (exact) mass is 442 g/mol. The number of piperazine rings is 1. The van der Waals surface area contributed by atoms with Crippen LogP contribution in [0.4, 0.5) is 5.69 Å². The van der Waals surface area contributed by atoms with Crippen LogP contribution >= 0.6 is 24.6 Å². The molecule has 1 aromatic carbocycles. The summed E-state index contributed by atoms with van der Waals surface area (Å²) >= 11 is 5.97. The largest absolute Gasteiger partial charge is 0.371 e. The van der Waals surface area contributed by atoms with Gasteiger partial charge in [-0.15, -0.1) is 12.6 Å². The molecule has 6 nitrogen and oxygen atoms in total. The highest BCUT2D eigenvalue weighted by Crippen LogP contribution is 2.36. The minimum Gasteiger partial charge on any atom is -0.371 e. The van der Waals surface area contributed by atoms with Crippen molar-refractivity contribution in [2.24, 2.45) is 0 Å². The number of rotatable bonds is 3. The van der Waals surface area contributed by atoms with Crippen molar-refractivity contribution in [2.75, 3.05) is 31.1 Å². The maximum Gasteiger partial charge on any atom is 0.240 e. The van der Waals surface area contributed by atoms with Crippen LogP contribution in [0.1, 0.15) is 19.3 Å². The Bertz CT molecular complexity index is 882. The Labute approximate surface area is 187 Å². The minimum atomic E-state index is -0.148. The first-order valence-corrected chi connectivity index (χ1v) is 11.7. The van der Waals surface area contributed by atoms with Crippen molar-refractivity contribution in [3.63, 3.8) is 0 Å².